The van der Waals surface area contributed by atoms with Gasteiger partial charge in [0.25, 0.3) is 10.1 Å². The molecule has 1 aliphatic heterocycles. The molecule has 2 unspecified atom stereocenters. The molecular formula is C19H30O6S. The number of aliphatic hydroxyl groups is 1. The second-order valence-corrected chi connectivity index (χ2v) is 8.64. The Morgan fingerprint density at radius 1 is 1.23 bits per heavy atom. The van der Waals surface area contributed by atoms with Gasteiger partial charge in [-0.1, -0.05) is 38.0 Å². The maximum absolute atomic E-state index is 12.6. The van der Waals surface area contributed by atoms with Gasteiger partial charge in [0.1, 0.15) is 11.7 Å². The number of ether oxygens (including phenoxy) is 2. The van der Waals surface area contributed by atoms with Crippen molar-refractivity contribution in [1.82, 2.24) is 0 Å². The van der Waals surface area contributed by atoms with Gasteiger partial charge in [0.2, 0.25) is 0 Å². The van der Waals surface area contributed by atoms with Crippen LogP contribution in [0.3, 0.4) is 0 Å². The summed E-state index contributed by atoms with van der Waals surface area (Å²) < 4.78 is 42.3. The molecule has 2 rings (SSSR count). The Balaban J connectivity index is 2.13. The molecule has 4 atom stereocenters. The average Bonchev–Trinajstić information content (AvgIpc) is 2.84. The van der Waals surface area contributed by atoms with E-state index in [1.54, 1.807) is 19.1 Å². The van der Waals surface area contributed by atoms with Crippen LogP contribution in [0, 0.1) is 12.8 Å². The van der Waals surface area contributed by atoms with E-state index in [1.807, 2.05) is 13.8 Å². The molecule has 1 fully saturated rings. The highest BCUT2D eigenvalue weighted by Gasteiger charge is 2.53. The SMILES string of the molecule is CCCCOC[C@@]1(CO)O[C@@H](C)C(OS(=O)(=O)c2ccc(C)cc2)C1C. The summed E-state index contributed by atoms with van der Waals surface area (Å²) in [5, 5.41) is 9.91. The lowest BCUT2D eigenvalue weighted by molar-refractivity contribution is -0.126. The first-order chi connectivity index (χ1) is 12.3. The van der Waals surface area contributed by atoms with Crippen molar-refractivity contribution in [2.24, 2.45) is 5.92 Å². The topological polar surface area (TPSA) is 82.1 Å². The molecule has 0 aliphatic carbocycles. The first-order valence-corrected chi connectivity index (χ1v) is 10.5. The molecule has 0 bridgehead atoms. The van der Waals surface area contributed by atoms with E-state index in [-0.39, 0.29) is 24.0 Å². The Morgan fingerprint density at radius 2 is 1.88 bits per heavy atom. The predicted molar refractivity (Wildman–Crippen MR) is 98.5 cm³/mol. The van der Waals surface area contributed by atoms with Gasteiger partial charge in [0, 0.05) is 12.5 Å². The van der Waals surface area contributed by atoms with E-state index >= 15 is 0 Å². The number of unbranched alkanes of at least 4 members (excludes halogenated alkanes) is 1. The third-order valence-corrected chi connectivity index (χ3v) is 6.33. The number of rotatable bonds is 9. The van der Waals surface area contributed by atoms with Crippen molar-refractivity contribution in [2.75, 3.05) is 19.8 Å². The van der Waals surface area contributed by atoms with E-state index < -0.39 is 27.9 Å². The molecule has 1 aliphatic rings. The molecule has 7 heteroatoms. The van der Waals surface area contributed by atoms with Gasteiger partial charge in [-0.05, 0) is 32.4 Å². The third kappa shape index (κ3) is 4.64. The van der Waals surface area contributed by atoms with Crippen molar-refractivity contribution in [3.8, 4) is 0 Å². The molecule has 1 heterocycles. The third-order valence-electron chi connectivity index (χ3n) is 5.01. The van der Waals surface area contributed by atoms with E-state index in [0.29, 0.717) is 6.61 Å². The number of aliphatic hydroxyl groups excluding tert-OH is 1. The second-order valence-electron chi connectivity index (χ2n) is 7.07. The maximum atomic E-state index is 12.6. The molecule has 1 aromatic rings. The molecule has 1 N–H and O–H groups in total. The number of benzene rings is 1. The van der Waals surface area contributed by atoms with Crippen LogP contribution in [0.2, 0.25) is 0 Å². The van der Waals surface area contributed by atoms with E-state index in [9.17, 15) is 13.5 Å². The number of aryl methyl sites for hydroxylation is 1. The Bertz CT molecular complexity index is 672. The summed E-state index contributed by atoms with van der Waals surface area (Å²) in [4.78, 5) is 0.114. The summed E-state index contributed by atoms with van der Waals surface area (Å²) in [5.41, 5.74) is 0.0130. The zero-order valence-electron chi connectivity index (χ0n) is 16.0. The van der Waals surface area contributed by atoms with Crippen molar-refractivity contribution in [1.29, 1.82) is 0 Å². The van der Waals surface area contributed by atoms with Crippen LogP contribution in [0.4, 0.5) is 0 Å². The Morgan fingerprint density at radius 3 is 2.46 bits per heavy atom. The number of hydrogen-bond acceptors (Lipinski definition) is 6. The van der Waals surface area contributed by atoms with Crippen LogP contribution in [0.5, 0.6) is 0 Å². The highest BCUT2D eigenvalue weighted by molar-refractivity contribution is 7.86. The Labute approximate surface area is 156 Å². The molecule has 1 aromatic carbocycles. The molecule has 148 valence electrons. The smallest absolute Gasteiger partial charge is 0.297 e. The summed E-state index contributed by atoms with van der Waals surface area (Å²) in [7, 11) is -3.92. The lowest BCUT2D eigenvalue weighted by atomic mass is 9.87. The first kappa shape index (κ1) is 21.3. The molecule has 0 saturated carbocycles. The highest BCUT2D eigenvalue weighted by Crippen LogP contribution is 2.39. The van der Waals surface area contributed by atoms with Gasteiger partial charge in [0.05, 0.1) is 24.2 Å². The summed E-state index contributed by atoms with van der Waals surface area (Å²) in [5.74, 6) is -0.343. The molecule has 6 nitrogen and oxygen atoms in total. The van der Waals surface area contributed by atoms with Gasteiger partial charge in [-0.25, -0.2) is 0 Å². The number of hydrogen-bond donors (Lipinski definition) is 1. The first-order valence-electron chi connectivity index (χ1n) is 9.12. The lowest BCUT2D eigenvalue weighted by Gasteiger charge is -2.31. The van der Waals surface area contributed by atoms with E-state index in [2.05, 4.69) is 6.92 Å². The molecule has 0 aromatic heterocycles. The van der Waals surface area contributed by atoms with Gasteiger partial charge in [-0.2, -0.15) is 8.42 Å². The molecule has 0 amide bonds. The monoisotopic (exact) mass is 386 g/mol. The molecule has 0 spiro atoms. The highest BCUT2D eigenvalue weighted by atomic mass is 32.2. The van der Waals surface area contributed by atoms with Crippen molar-refractivity contribution in [3.63, 3.8) is 0 Å². The van der Waals surface area contributed by atoms with Crippen LogP contribution in [0.15, 0.2) is 29.2 Å². The average molecular weight is 387 g/mol. The lowest BCUT2D eigenvalue weighted by Crippen LogP contribution is -2.45. The molecule has 0 radical (unpaired) electrons. The Kier molecular flexibility index (Phi) is 7.21. The fourth-order valence-corrected chi connectivity index (χ4v) is 4.40. The van der Waals surface area contributed by atoms with E-state index in [1.165, 1.54) is 12.1 Å². The minimum Gasteiger partial charge on any atom is -0.393 e. The van der Waals surface area contributed by atoms with Gasteiger partial charge < -0.3 is 14.6 Å². The van der Waals surface area contributed by atoms with Crippen molar-refractivity contribution >= 4 is 10.1 Å². The standard InChI is InChI=1S/C19H30O6S/c1-5-6-11-23-13-19(12-20)15(3)18(16(4)24-19)25-26(21,22)17-9-7-14(2)8-10-17/h7-10,15-16,18,20H,5-6,11-13H2,1-4H3/t15?,16-,18?,19+/m0/s1. The fraction of sp³-hybridized carbons (Fsp3) is 0.684. The minimum atomic E-state index is -3.92. The van der Waals surface area contributed by atoms with Gasteiger partial charge in [0.15, 0.2) is 0 Å². The molecule has 26 heavy (non-hydrogen) atoms. The van der Waals surface area contributed by atoms with Gasteiger partial charge in [-0.15, -0.1) is 0 Å². The van der Waals surface area contributed by atoms with Crippen LogP contribution in [-0.4, -0.2) is 51.2 Å². The quantitative estimate of drug-likeness (QED) is 0.519. The van der Waals surface area contributed by atoms with E-state index in [4.69, 9.17) is 13.7 Å². The van der Waals surface area contributed by atoms with Crippen LogP contribution in [-0.2, 0) is 23.8 Å². The zero-order valence-corrected chi connectivity index (χ0v) is 16.8. The second kappa shape index (κ2) is 8.80. The summed E-state index contributed by atoms with van der Waals surface area (Å²) in [6, 6.07) is 6.52. The largest absolute Gasteiger partial charge is 0.393 e. The zero-order chi connectivity index (χ0) is 19.4. The minimum absolute atomic E-state index is 0.114. The van der Waals surface area contributed by atoms with Crippen LogP contribution >= 0.6 is 0 Å². The van der Waals surface area contributed by atoms with Crippen LogP contribution < -0.4 is 0 Å². The van der Waals surface area contributed by atoms with Crippen molar-refractivity contribution in [3.05, 3.63) is 29.8 Å². The van der Waals surface area contributed by atoms with Gasteiger partial charge in [-0.3, -0.25) is 4.18 Å². The van der Waals surface area contributed by atoms with Crippen molar-refractivity contribution in [2.45, 2.75) is 63.2 Å². The normalized spacial score (nSPS) is 29.2. The van der Waals surface area contributed by atoms with Gasteiger partial charge >= 0.3 is 0 Å². The summed E-state index contributed by atoms with van der Waals surface area (Å²) >= 11 is 0. The Hall–Kier alpha value is -0.990. The molecular weight excluding hydrogens is 356 g/mol. The van der Waals surface area contributed by atoms with Crippen LogP contribution in [0.25, 0.3) is 0 Å². The summed E-state index contributed by atoms with van der Waals surface area (Å²) in [6.45, 7) is 8.08. The summed E-state index contributed by atoms with van der Waals surface area (Å²) in [6.07, 6.45) is 0.766. The fourth-order valence-electron chi connectivity index (χ4n) is 3.20. The van der Waals surface area contributed by atoms with E-state index in [0.717, 1.165) is 18.4 Å². The molecule has 1 saturated heterocycles. The van der Waals surface area contributed by atoms with Crippen molar-refractivity contribution < 1.29 is 27.2 Å². The van der Waals surface area contributed by atoms with Crippen LogP contribution in [0.1, 0.15) is 39.2 Å². The maximum Gasteiger partial charge on any atom is 0.297 e. The predicted octanol–water partition coefficient (Wildman–Crippen LogP) is 2.67.